The summed E-state index contributed by atoms with van der Waals surface area (Å²) in [5, 5.41) is 0. The van der Waals surface area contributed by atoms with E-state index in [0.29, 0.717) is 5.92 Å². The SMILES string of the molecule is CC1CCCN(C(C)(C)C(=O)NN)C1. The molecule has 4 nitrogen and oxygen atoms in total. The van der Waals surface area contributed by atoms with Gasteiger partial charge in [-0.1, -0.05) is 6.92 Å². The number of amides is 1. The Morgan fingerprint density at radius 1 is 1.57 bits per heavy atom. The number of hydrogen-bond donors (Lipinski definition) is 2. The summed E-state index contributed by atoms with van der Waals surface area (Å²) in [7, 11) is 0. The lowest BCUT2D eigenvalue weighted by Gasteiger charge is -2.41. The minimum Gasteiger partial charge on any atom is -0.293 e. The number of carbonyl (C=O) groups excluding carboxylic acids is 1. The van der Waals surface area contributed by atoms with Gasteiger partial charge in [0.15, 0.2) is 0 Å². The van der Waals surface area contributed by atoms with Crippen LogP contribution in [0, 0.1) is 5.92 Å². The third-order valence-corrected chi connectivity index (χ3v) is 3.13. The van der Waals surface area contributed by atoms with E-state index in [0.717, 1.165) is 13.1 Å². The first-order valence-electron chi connectivity index (χ1n) is 5.24. The van der Waals surface area contributed by atoms with Crippen LogP contribution in [0.15, 0.2) is 0 Å². The standard InChI is InChI=1S/C10H21N3O/c1-8-5-4-6-13(7-8)10(2,3)9(14)12-11/h8H,4-7,11H2,1-3H3,(H,12,14). The maximum atomic E-state index is 11.6. The fourth-order valence-corrected chi connectivity index (χ4v) is 2.02. The van der Waals surface area contributed by atoms with Crippen molar-refractivity contribution in [3.63, 3.8) is 0 Å². The Labute approximate surface area is 85.8 Å². The van der Waals surface area contributed by atoms with Gasteiger partial charge in [-0.2, -0.15) is 0 Å². The molecule has 1 amide bonds. The summed E-state index contributed by atoms with van der Waals surface area (Å²) in [5.74, 6) is 5.74. The highest BCUT2D eigenvalue weighted by Gasteiger charge is 2.35. The summed E-state index contributed by atoms with van der Waals surface area (Å²) in [4.78, 5) is 13.8. The van der Waals surface area contributed by atoms with Crippen LogP contribution < -0.4 is 11.3 Å². The number of hydrazine groups is 1. The van der Waals surface area contributed by atoms with Crippen LogP contribution in [-0.4, -0.2) is 29.4 Å². The molecular weight excluding hydrogens is 178 g/mol. The molecule has 3 N–H and O–H groups in total. The Hall–Kier alpha value is -0.610. The van der Waals surface area contributed by atoms with Gasteiger partial charge in [0, 0.05) is 6.54 Å². The van der Waals surface area contributed by atoms with Crippen molar-refractivity contribution < 1.29 is 4.79 Å². The van der Waals surface area contributed by atoms with Gasteiger partial charge in [0.25, 0.3) is 5.91 Å². The predicted octanol–water partition coefficient (Wildman–Crippen LogP) is 0.487. The van der Waals surface area contributed by atoms with Gasteiger partial charge in [-0.15, -0.1) is 0 Å². The van der Waals surface area contributed by atoms with Crippen LogP contribution in [0.25, 0.3) is 0 Å². The molecule has 1 aliphatic heterocycles. The lowest BCUT2D eigenvalue weighted by Crippen LogP contribution is -2.58. The largest absolute Gasteiger partial charge is 0.293 e. The van der Waals surface area contributed by atoms with Gasteiger partial charge in [-0.25, -0.2) is 5.84 Å². The van der Waals surface area contributed by atoms with Gasteiger partial charge < -0.3 is 0 Å². The van der Waals surface area contributed by atoms with Crippen LogP contribution in [0.1, 0.15) is 33.6 Å². The van der Waals surface area contributed by atoms with Crippen molar-refractivity contribution in [1.29, 1.82) is 0 Å². The van der Waals surface area contributed by atoms with E-state index < -0.39 is 5.54 Å². The Bertz CT molecular complexity index is 215. The van der Waals surface area contributed by atoms with Crippen LogP contribution in [0.5, 0.6) is 0 Å². The van der Waals surface area contributed by atoms with Crippen molar-refractivity contribution in [3.8, 4) is 0 Å². The summed E-state index contributed by atoms with van der Waals surface area (Å²) in [6.45, 7) is 8.05. The molecule has 0 aromatic rings. The molecule has 0 spiro atoms. The van der Waals surface area contributed by atoms with Crippen molar-refractivity contribution in [2.75, 3.05) is 13.1 Å². The highest BCUT2D eigenvalue weighted by molar-refractivity contribution is 5.84. The third-order valence-electron chi connectivity index (χ3n) is 3.13. The Morgan fingerprint density at radius 2 is 2.21 bits per heavy atom. The zero-order chi connectivity index (χ0) is 10.8. The van der Waals surface area contributed by atoms with Crippen LogP contribution >= 0.6 is 0 Å². The maximum absolute atomic E-state index is 11.6. The molecule has 1 aliphatic rings. The van der Waals surface area contributed by atoms with E-state index in [2.05, 4.69) is 17.2 Å². The fourth-order valence-electron chi connectivity index (χ4n) is 2.02. The van der Waals surface area contributed by atoms with Crippen molar-refractivity contribution in [2.45, 2.75) is 39.2 Å². The molecule has 0 bridgehead atoms. The van der Waals surface area contributed by atoms with E-state index in [1.54, 1.807) is 0 Å². The average molecular weight is 199 g/mol. The number of hydrogen-bond acceptors (Lipinski definition) is 3. The zero-order valence-corrected chi connectivity index (χ0v) is 9.34. The average Bonchev–Trinajstić information content (AvgIpc) is 2.16. The van der Waals surface area contributed by atoms with Gasteiger partial charge in [-0.3, -0.25) is 15.1 Å². The van der Waals surface area contributed by atoms with E-state index in [1.165, 1.54) is 12.8 Å². The molecule has 4 heteroatoms. The van der Waals surface area contributed by atoms with Crippen LogP contribution in [-0.2, 0) is 4.79 Å². The maximum Gasteiger partial charge on any atom is 0.253 e. The summed E-state index contributed by atoms with van der Waals surface area (Å²) in [5.41, 5.74) is 1.75. The van der Waals surface area contributed by atoms with Gasteiger partial charge in [0.1, 0.15) is 0 Å². The number of carbonyl (C=O) groups is 1. The Balaban J connectivity index is 2.66. The van der Waals surface area contributed by atoms with Crippen LogP contribution in [0.3, 0.4) is 0 Å². The molecule has 0 aliphatic carbocycles. The molecular formula is C10H21N3O. The second-order valence-corrected chi connectivity index (χ2v) is 4.73. The molecule has 0 aromatic heterocycles. The number of nitrogens with one attached hydrogen (secondary N) is 1. The van der Waals surface area contributed by atoms with E-state index in [1.807, 2.05) is 13.8 Å². The molecule has 1 fully saturated rings. The summed E-state index contributed by atoms with van der Waals surface area (Å²) < 4.78 is 0. The van der Waals surface area contributed by atoms with E-state index >= 15 is 0 Å². The number of likely N-dealkylation sites (tertiary alicyclic amines) is 1. The minimum atomic E-state index is -0.483. The van der Waals surface area contributed by atoms with Crippen molar-refractivity contribution in [1.82, 2.24) is 10.3 Å². The summed E-state index contributed by atoms with van der Waals surface area (Å²) >= 11 is 0. The van der Waals surface area contributed by atoms with Gasteiger partial charge in [-0.05, 0) is 39.2 Å². The quantitative estimate of drug-likeness (QED) is 0.386. The second-order valence-electron chi connectivity index (χ2n) is 4.73. The van der Waals surface area contributed by atoms with Crippen LogP contribution in [0.4, 0.5) is 0 Å². The molecule has 1 heterocycles. The topological polar surface area (TPSA) is 58.4 Å². The first kappa shape index (κ1) is 11.5. The third kappa shape index (κ3) is 2.25. The highest BCUT2D eigenvalue weighted by atomic mass is 16.2. The number of nitrogens with zero attached hydrogens (tertiary/aromatic N) is 1. The van der Waals surface area contributed by atoms with E-state index in [4.69, 9.17) is 5.84 Å². The molecule has 14 heavy (non-hydrogen) atoms. The summed E-state index contributed by atoms with van der Waals surface area (Å²) in [6.07, 6.45) is 2.43. The summed E-state index contributed by atoms with van der Waals surface area (Å²) in [6, 6.07) is 0. The second kappa shape index (κ2) is 4.28. The number of nitrogens with two attached hydrogens (primary N) is 1. The lowest BCUT2D eigenvalue weighted by atomic mass is 9.93. The first-order chi connectivity index (χ1) is 6.48. The molecule has 0 aromatic carbocycles. The van der Waals surface area contributed by atoms with Gasteiger partial charge in [0.2, 0.25) is 0 Å². The van der Waals surface area contributed by atoms with Crippen molar-refractivity contribution in [2.24, 2.45) is 11.8 Å². The van der Waals surface area contributed by atoms with E-state index in [-0.39, 0.29) is 5.91 Å². The number of piperidine rings is 1. The molecule has 1 atom stereocenters. The number of rotatable bonds is 2. The molecule has 1 saturated heterocycles. The lowest BCUT2D eigenvalue weighted by molar-refractivity contribution is -0.132. The van der Waals surface area contributed by atoms with Crippen molar-refractivity contribution >= 4 is 5.91 Å². The molecule has 0 radical (unpaired) electrons. The molecule has 0 saturated carbocycles. The van der Waals surface area contributed by atoms with Gasteiger partial charge in [0.05, 0.1) is 5.54 Å². The molecule has 1 unspecified atom stereocenters. The molecule has 1 rings (SSSR count). The smallest absolute Gasteiger partial charge is 0.253 e. The Kier molecular flexibility index (Phi) is 3.50. The fraction of sp³-hybridized carbons (Fsp3) is 0.900. The first-order valence-corrected chi connectivity index (χ1v) is 5.24. The normalized spacial score (nSPS) is 24.7. The minimum absolute atomic E-state index is 0.105. The van der Waals surface area contributed by atoms with Crippen LogP contribution in [0.2, 0.25) is 0 Å². The monoisotopic (exact) mass is 199 g/mol. The predicted molar refractivity (Wildman–Crippen MR) is 56.4 cm³/mol. The van der Waals surface area contributed by atoms with E-state index in [9.17, 15) is 4.79 Å². The molecule has 82 valence electrons. The highest BCUT2D eigenvalue weighted by Crippen LogP contribution is 2.23. The zero-order valence-electron chi connectivity index (χ0n) is 9.34. The van der Waals surface area contributed by atoms with Gasteiger partial charge >= 0.3 is 0 Å². The Morgan fingerprint density at radius 3 is 2.71 bits per heavy atom. The van der Waals surface area contributed by atoms with Crippen molar-refractivity contribution in [3.05, 3.63) is 0 Å².